The molecule has 1 aromatic heterocycles. The molecule has 0 aliphatic heterocycles. The molecule has 0 fully saturated rings. The number of aromatic nitrogens is 1. The first-order chi connectivity index (χ1) is 8.83. The second-order valence-electron chi connectivity index (χ2n) is 5.16. The maximum absolute atomic E-state index is 4.33. The molecule has 0 atom stereocenters. The van der Waals surface area contributed by atoms with E-state index >= 15 is 0 Å². The fraction of sp³-hybridized carbons (Fsp3) is 0.706. The normalized spacial score (nSPS) is 10.8. The summed E-state index contributed by atoms with van der Waals surface area (Å²) in [6, 6.07) is 0. The Morgan fingerprint density at radius 1 is 0.889 bits per heavy atom. The average Bonchev–Trinajstić information content (AvgIpc) is 2.41. The van der Waals surface area contributed by atoms with E-state index in [1.165, 1.54) is 62.5 Å². The molecule has 0 N–H and O–H groups in total. The highest BCUT2D eigenvalue weighted by Crippen LogP contribution is 2.20. The molecule has 0 saturated heterocycles. The quantitative estimate of drug-likeness (QED) is 0.603. The molecular formula is C17H28N. The summed E-state index contributed by atoms with van der Waals surface area (Å²) < 4.78 is 0. The molecule has 101 valence electrons. The molecule has 1 nitrogen and oxygen atoms in total. The van der Waals surface area contributed by atoms with Crippen LogP contribution in [-0.4, -0.2) is 4.98 Å². The van der Waals surface area contributed by atoms with Gasteiger partial charge in [-0.2, -0.15) is 0 Å². The van der Waals surface area contributed by atoms with E-state index in [0.29, 0.717) is 0 Å². The molecule has 0 saturated carbocycles. The Labute approximate surface area is 113 Å². The molecule has 1 radical (unpaired) electrons. The second-order valence-corrected chi connectivity index (χ2v) is 5.16. The van der Waals surface area contributed by atoms with Crippen LogP contribution in [0.1, 0.15) is 76.0 Å². The highest BCUT2D eigenvalue weighted by atomic mass is 14.6. The van der Waals surface area contributed by atoms with E-state index in [-0.39, 0.29) is 0 Å². The van der Waals surface area contributed by atoms with Crippen LogP contribution >= 0.6 is 0 Å². The summed E-state index contributed by atoms with van der Waals surface area (Å²) in [5.41, 5.74) is 4.43. The first-order valence-electron chi connectivity index (χ1n) is 7.70. The molecule has 0 unspecified atom stereocenters. The smallest absolute Gasteiger partial charge is 0.0923 e. The van der Waals surface area contributed by atoms with Gasteiger partial charge in [-0.25, -0.2) is 0 Å². The molecule has 1 heterocycles. The number of pyridine rings is 1. The van der Waals surface area contributed by atoms with Crippen molar-refractivity contribution in [2.24, 2.45) is 0 Å². The van der Waals surface area contributed by atoms with E-state index in [4.69, 9.17) is 0 Å². The van der Waals surface area contributed by atoms with Crippen molar-refractivity contribution < 1.29 is 0 Å². The van der Waals surface area contributed by atoms with Crippen LogP contribution in [0.2, 0.25) is 0 Å². The largest absolute Gasteiger partial charge is 0.254 e. The predicted octanol–water partition coefficient (Wildman–Crippen LogP) is 4.91. The number of aryl methyl sites for hydroxylation is 2. The molecule has 0 spiro atoms. The molecule has 0 bridgehead atoms. The summed E-state index contributed by atoms with van der Waals surface area (Å²) in [5, 5.41) is 0. The Bertz CT molecular complexity index is 304. The van der Waals surface area contributed by atoms with E-state index in [2.05, 4.69) is 38.1 Å². The first-order valence-corrected chi connectivity index (χ1v) is 7.70. The summed E-state index contributed by atoms with van der Waals surface area (Å²) in [6.45, 7) is 6.77. The van der Waals surface area contributed by atoms with Crippen LogP contribution < -0.4 is 0 Å². The van der Waals surface area contributed by atoms with Crippen LogP contribution in [0.3, 0.4) is 0 Å². The lowest BCUT2D eigenvalue weighted by Gasteiger charge is -2.13. The van der Waals surface area contributed by atoms with Crippen LogP contribution in [0.5, 0.6) is 0 Å². The van der Waals surface area contributed by atoms with Gasteiger partial charge in [0, 0.05) is 6.20 Å². The van der Waals surface area contributed by atoms with Crippen molar-refractivity contribution >= 4 is 0 Å². The minimum Gasteiger partial charge on any atom is -0.254 e. The summed E-state index contributed by atoms with van der Waals surface area (Å²) in [4.78, 5) is 4.33. The molecule has 1 rings (SSSR count). The topological polar surface area (TPSA) is 12.9 Å². The van der Waals surface area contributed by atoms with Gasteiger partial charge in [0.15, 0.2) is 0 Å². The zero-order valence-electron chi connectivity index (χ0n) is 12.4. The molecule has 18 heavy (non-hydrogen) atoms. The summed E-state index contributed by atoms with van der Waals surface area (Å²) in [6.07, 6.45) is 16.5. The third-order valence-corrected chi connectivity index (χ3v) is 3.53. The lowest BCUT2D eigenvalue weighted by atomic mass is 9.93. The standard InChI is InChI=1S/C17H28N/c1-4-7-10-15-13-18-14-16(11-8-5-2)17(15)12-9-6-3/h13H,4-12H2,1-3H3. The van der Waals surface area contributed by atoms with Crippen LogP contribution in [0.4, 0.5) is 0 Å². The van der Waals surface area contributed by atoms with Crippen molar-refractivity contribution in [2.75, 3.05) is 0 Å². The van der Waals surface area contributed by atoms with Gasteiger partial charge in [0.25, 0.3) is 0 Å². The van der Waals surface area contributed by atoms with Crippen LogP contribution in [-0.2, 0) is 19.3 Å². The third kappa shape index (κ3) is 4.80. The number of unbranched alkanes of at least 4 members (excludes halogenated alkanes) is 3. The predicted molar refractivity (Wildman–Crippen MR) is 78.9 cm³/mol. The van der Waals surface area contributed by atoms with Crippen molar-refractivity contribution in [2.45, 2.75) is 78.6 Å². The van der Waals surface area contributed by atoms with Gasteiger partial charge in [-0.3, -0.25) is 4.98 Å². The summed E-state index contributed by atoms with van der Waals surface area (Å²) in [7, 11) is 0. The number of rotatable bonds is 9. The van der Waals surface area contributed by atoms with Gasteiger partial charge in [0.1, 0.15) is 0 Å². The third-order valence-electron chi connectivity index (χ3n) is 3.53. The molecule has 0 aliphatic carbocycles. The Hall–Kier alpha value is -0.850. The van der Waals surface area contributed by atoms with Crippen molar-refractivity contribution in [1.82, 2.24) is 4.98 Å². The maximum Gasteiger partial charge on any atom is 0.0923 e. The molecule has 0 amide bonds. The molecule has 1 heteroatoms. The van der Waals surface area contributed by atoms with Gasteiger partial charge in [-0.1, -0.05) is 40.0 Å². The second kappa shape index (κ2) is 9.13. The number of hydrogen-bond acceptors (Lipinski definition) is 1. The van der Waals surface area contributed by atoms with Crippen LogP contribution in [0.25, 0.3) is 0 Å². The van der Waals surface area contributed by atoms with Gasteiger partial charge in [-0.05, 0) is 55.2 Å². The Morgan fingerprint density at radius 3 is 2.17 bits per heavy atom. The Balaban J connectivity index is 2.85. The van der Waals surface area contributed by atoms with Gasteiger partial charge >= 0.3 is 0 Å². The van der Waals surface area contributed by atoms with Crippen molar-refractivity contribution in [3.05, 3.63) is 29.1 Å². The zero-order chi connectivity index (χ0) is 13.2. The highest BCUT2D eigenvalue weighted by Gasteiger charge is 2.08. The SMILES string of the molecule is CCCCc1[c]ncc(CCCC)c1CCCC. The summed E-state index contributed by atoms with van der Waals surface area (Å²) >= 11 is 0. The van der Waals surface area contributed by atoms with E-state index in [9.17, 15) is 0 Å². The van der Waals surface area contributed by atoms with Crippen molar-refractivity contribution in [1.29, 1.82) is 0 Å². The summed E-state index contributed by atoms with van der Waals surface area (Å²) in [5.74, 6) is 0. The molecular weight excluding hydrogens is 218 g/mol. The monoisotopic (exact) mass is 246 g/mol. The minimum atomic E-state index is 1.16. The molecule has 0 aliphatic rings. The fourth-order valence-corrected chi connectivity index (χ4v) is 2.34. The van der Waals surface area contributed by atoms with Crippen molar-refractivity contribution in [3.63, 3.8) is 0 Å². The highest BCUT2D eigenvalue weighted by molar-refractivity contribution is 5.32. The lowest BCUT2D eigenvalue weighted by molar-refractivity contribution is 0.728. The molecule has 0 aromatic carbocycles. The average molecular weight is 246 g/mol. The van der Waals surface area contributed by atoms with Gasteiger partial charge in [-0.15, -0.1) is 0 Å². The van der Waals surface area contributed by atoms with E-state index < -0.39 is 0 Å². The Kier molecular flexibility index (Phi) is 7.71. The number of hydrogen-bond donors (Lipinski definition) is 0. The zero-order valence-corrected chi connectivity index (χ0v) is 12.4. The first kappa shape index (κ1) is 15.2. The Morgan fingerprint density at radius 2 is 1.50 bits per heavy atom. The van der Waals surface area contributed by atoms with Gasteiger partial charge in [0.05, 0.1) is 6.20 Å². The maximum atomic E-state index is 4.33. The van der Waals surface area contributed by atoms with E-state index in [1.807, 2.05) is 0 Å². The van der Waals surface area contributed by atoms with Crippen molar-refractivity contribution in [3.8, 4) is 0 Å². The fourth-order valence-electron chi connectivity index (χ4n) is 2.34. The van der Waals surface area contributed by atoms with Crippen LogP contribution in [0.15, 0.2) is 6.20 Å². The van der Waals surface area contributed by atoms with Gasteiger partial charge in [0.2, 0.25) is 0 Å². The van der Waals surface area contributed by atoms with Gasteiger partial charge < -0.3 is 0 Å². The van der Waals surface area contributed by atoms with E-state index in [0.717, 1.165) is 6.42 Å². The minimum absolute atomic E-state index is 1.16. The van der Waals surface area contributed by atoms with E-state index in [1.54, 1.807) is 5.56 Å². The number of nitrogens with zero attached hydrogens (tertiary/aromatic N) is 1. The lowest BCUT2D eigenvalue weighted by Crippen LogP contribution is -2.03. The van der Waals surface area contributed by atoms with Crippen LogP contribution in [0, 0.1) is 6.20 Å². The molecule has 1 aromatic rings.